The summed E-state index contributed by atoms with van der Waals surface area (Å²) in [6.45, 7) is 6.28. The zero-order valence-corrected chi connectivity index (χ0v) is 11.7. The van der Waals surface area contributed by atoms with E-state index in [1.807, 2.05) is 18.7 Å². The largest absolute Gasteiger partial charge is 0.464 e. The van der Waals surface area contributed by atoms with Crippen LogP contribution in [-0.4, -0.2) is 23.3 Å². The van der Waals surface area contributed by atoms with E-state index in [9.17, 15) is 4.79 Å². The van der Waals surface area contributed by atoms with Gasteiger partial charge < -0.3 is 4.74 Å². The topological polar surface area (TPSA) is 39.2 Å². The maximum absolute atomic E-state index is 11.4. The normalized spacial score (nSPS) is 12.5. The van der Waals surface area contributed by atoms with Crippen LogP contribution < -0.4 is 0 Å². The molecular weight excluding hydrogens is 242 g/mol. The molecule has 0 fully saturated rings. The van der Waals surface area contributed by atoms with Gasteiger partial charge in [0.2, 0.25) is 0 Å². The fraction of sp³-hybridized carbons (Fsp3) is 0.636. The molecule has 0 spiro atoms. The van der Waals surface area contributed by atoms with Crippen molar-refractivity contribution in [2.45, 2.75) is 38.2 Å². The van der Waals surface area contributed by atoms with E-state index in [0.29, 0.717) is 10.9 Å². The molecule has 16 heavy (non-hydrogen) atoms. The predicted molar refractivity (Wildman–Crippen MR) is 69.2 cm³/mol. The van der Waals surface area contributed by atoms with Gasteiger partial charge in [-0.2, -0.15) is 11.8 Å². The van der Waals surface area contributed by atoms with Crippen LogP contribution in [0.25, 0.3) is 0 Å². The van der Waals surface area contributed by atoms with Crippen molar-refractivity contribution in [2.75, 3.05) is 7.11 Å². The molecule has 0 aliphatic rings. The lowest BCUT2D eigenvalue weighted by Crippen LogP contribution is -2.03. The molecule has 90 valence electrons. The highest BCUT2D eigenvalue weighted by molar-refractivity contribution is 7.99. The fourth-order valence-electron chi connectivity index (χ4n) is 1.13. The molecule has 1 atom stereocenters. The van der Waals surface area contributed by atoms with Crippen LogP contribution in [0.3, 0.4) is 0 Å². The van der Waals surface area contributed by atoms with Gasteiger partial charge in [-0.25, -0.2) is 9.78 Å². The van der Waals surface area contributed by atoms with Gasteiger partial charge in [0.25, 0.3) is 0 Å². The molecule has 0 bridgehead atoms. The molecule has 0 aromatic carbocycles. The first-order chi connectivity index (χ1) is 7.58. The minimum atomic E-state index is -0.339. The summed E-state index contributed by atoms with van der Waals surface area (Å²) in [5.41, 5.74) is 0.465. The molecule has 0 amide bonds. The Morgan fingerprint density at radius 2 is 2.31 bits per heavy atom. The van der Waals surface area contributed by atoms with Crippen LogP contribution in [0.1, 0.15) is 40.6 Å². The minimum Gasteiger partial charge on any atom is -0.464 e. The lowest BCUT2D eigenvalue weighted by Gasteiger charge is -2.05. The van der Waals surface area contributed by atoms with E-state index in [4.69, 9.17) is 0 Å². The second-order valence-corrected chi connectivity index (χ2v) is 6.25. The van der Waals surface area contributed by atoms with Crippen molar-refractivity contribution in [3.63, 3.8) is 0 Å². The summed E-state index contributed by atoms with van der Waals surface area (Å²) in [7, 11) is 1.38. The molecule has 5 heteroatoms. The fourth-order valence-corrected chi connectivity index (χ4v) is 3.01. The molecular formula is C11H17NO2S2. The summed E-state index contributed by atoms with van der Waals surface area (Å²) < 4.78 is 4.68. The highest BCUT2D eigenvalue weighted by atomic mass is 32.2. The number of ether oxygens (including phenoxy) is 1. The first kappa shape index (κ1) is 13.5. The number of aryl methyl sites for hydroxylation is 1. The summed E-state index contributed by atoms with van der Waals surface area (Å²) in [4.78, 5) is 16.6. The summed E-state index contributed by atoms with van der Waals surface area (Å²) >= 11 is 3.44. The molecule has 1 aromatic rings. The average Bonchev–Trinajstić information content (AvgIpc) is 2.66. The number of hydrogen-bond donors (Lipinski definition) is 0. The first-order valence-corrected chi connectivity index (χ1v) is 7.11. The van der Waals surface area contributed by atoms with Gasteiger partial charge in [0.15, 0.2) is 5.69 Å². The van der Waals surface area contributed by atoms with E-state index < -0.39 is 0 Å². The SMILES string of the molecule is CCC(C)SCc1nc(C(=O)OC)c(C)s1. The Morgan fingerprint density at radius 3 is 2.88 bits per heavy atom. The molecule has 0 radical (unpaired) electrons. The van der Waals surface area contributed by atoms with Crippen molar-refractivity contribution >= 4 is 29.1 Å². The second kappa shape index (κ2) is 6.25. The Balaban J connectivity index is 2.66. The molecule has 0 aliphatic carbocycles. The summed E-state index contributed by atoms with van der Waals surface area (Å²) in [5, 5.41) is 1.63. The molecule has 1 heterocycles. The van der Waals surface area contributed by atoms with E-state index in [1.54, 1.807) is 11.3 Å². The van der Waals surface area contributed by atoms with Crippen LogP contribution in [0, 0.1) is 6.92 Å². The summed E-state index contributed by atoms with van der Waals surface area (Å²) in [5.74, 6) is 0.533. The number of esters is 1. The molecule has 0 N–H and O–H groups in total. The van der Waals surface area contributed by atoms with Crippen LogP contribution in [0.5, 0.6) is 0 Å². The number of methoxy groups -OCH3 is 1. The van der Waals surface area contributed by atoms with Crippen LogP contribution in [0.2, 0.25) is 0 Å². The zero-order chi connectivity index (χ0) is 12.1. The molecule has 0 aliphatic heterocycles. The predicted octanol–water partition coefficient (Wildman–Crippen LogP) is 3.27. The first-order valence-electron chi connectivity index (χ1n) is 5.24. The maximum atomic E-state index is 11.4. The van der Waals surface area contributed by atoms with Crippen molar-refractivity contribution in [3.05, 3.63) is 15.6 Å². The van der Waals surface area contributed by atoms with Gasteiger partial charge in [0.1, 0.15) is 5.01 Å². The molecule has 3 nitrogen and oxygen atoms in total. The summed E-state index contributed by atoms with van der Waals surface area (Å²) in [6, 6.07) is 0. The number of nitrogens with zero attached hydrogens (tertiary/aromatic N) is 1. The van der Waals surface area contributed by atoms with Crippen molar-refractivity contribution in [2.24, 2.45) is 0 Å². The van der Waals surface area contributed by atoms with E-state index >= 15 is 0 Å². The van der Waals surface area contributed by atoms with Gasteiger partial charge in [-0.1, -0.05) is 13.8 Å². The van der Waals surface area contributed by atoms with Crippen molar-refractivity contribution < 1.29 is 9.53 Å². The third-order valence-corrected chi connectivity index (χ3v) is 4.78. The molecule has 0 saturated heterocycles. The lowest BCUT2D eigenvalue weighted by atomic mass is 10.4. The zero-order valence-electron chi connectivity index (χ0n) is 10.1. The number of aromatic nitrogens is 1. The second-order valence-electron chi connectivity index (χ2n) is 3.53. The maximum Gasteiger partial charge on any atom is 0.357 e. The van der Waals surface area contributed by atoms with E-state index in [0.717, 1.165) is 22.1 Å². The Kier molecular flexibility index (Phi) is 5.28. The number of thiazole rings is 1. The Labute approximate surface area is 105 Å². The van der Waals surface area contributed by atoms with E-state index in [-0.39, 0.29) is 5.97 Å². The number of rotatable bonds is 5. The van der Waals surface area contributed by atoms with Crippen LogP contribution in [0.15, 0.2) is 0 Å². The third-order valence-electron chi connectivity index (χ3n) is 2.29. The van der Waals surface area contributed by atoms with E-state index in [2.05, 4.69) is 23.6 Å². The quantitative estimate of drug-likeness (QED) is 0.761. The molecule has 1 unspecified atom stereocenters. The highest BCUT2D eigenvalue weighted by Crippen LogP contribution is 2.25. The third kappa shape index (κ3) is 3.49. The minimum absolute atomic E-state index is 0.339. The van der Waals surface area contributed by atoms with Crippen LogP contribution in [0.4, 0.5) is 0 Å². The standard InChI is InChI=1S/C11H17NO2S2/c1-5-7(2)15-6-9-12-10(8(3)16-9)11(13)14-4/h7H,5-6H2,1-4H3. The Bertz CT molecular complexity index is 363. The number of carbonyl (C=O) groups is 1. The van der Waals surface area contributed by atoms with Gasteiger partial charge in [0, 0.05) is 15.9 Å². The molecule has 1 aromatic heterocycles. The average molecular weight is 259 g/mol. The smallest absolute Gasteiger partial charge is 0.357 e. The van der Waals surface area contributed by atoms with Crippen LogP contribution >= 0.6 is 23.1 Å². The molecule has 1 rings (SSSR count). The highest BCUT2D eigenvalue weighted by Gasteiger charge is 2.15. The molecule has 0 saturated carbocycles. The van der Waals surface area contributed by atoms with Crippen molar-refractivity contribution in [3.8, 4) is 0 Å². The van der Waals surface area contributed by atoms with Gasteiger partial charge in [-0.3, -0.25) is 0 Å². The van der Waals surface area contributed by atoms with Gasteiger partial charge in [-0.15, -0.1) is 11.3 Å². The number of hydrogen-bond acceptors (Lipinski definition) is 5. The van der Waals surface area contributed by atoms with Gasteiger partial charge in [0.05, 0.1) is 7.11 Å². The monoisotopic (exact) mass is 259 g/mol. The van der Waals surface area contributed by atoms with E-state index in [1.165, 1.54) is 7.11 Å². The van der Waals surface area contributed by atoms with Gasteiger partial charge >= 0.3 is 5.97 Å². The number of carbonyl (C=O) groups excluding carboxylic acids is 1. The van der Waals surface area contributed by atoms with Crippen LogP contribution in [-0.2, 0) is 10.5 Å². The lowest BCUT2D eigenvalue weighted by molar-refractivity contribution is 0.0594. The van der Waals surface area contributed by atoms with Gasteiger partial charge in [-0.05, 0) is 13.3 Å². The Morgan fingerprint density at radius 1 is 1.62 bits per heavy atom. The summed E-state index contributed by atoms with van der Waals surface area (Å²) in [6.07, 6.45) is 1.15. The number of thioether (sulfide) groups is 1. The Hall–Kier alpha value is -0.550. The van der Waals surface area contributed by atoms with Crippen molar-refractivity contribution in [1.29, 1.82) is 0 Å². The van der Waals surface area contributed by atoms with Crippen molar-refractivity contribution in [1.82, 2.24) is 4.98 Å².